The molecule has 120 valence electrons. The van der Waals surface area contributed by atoms with E-state index < -0.39 is 12.0 Å². The quantitative estimate of drug-likeness (QED) is 0.219. The van der Waals surface area contributed by atoms with Crippen molar-refractivity contribution < 1.29 is 53.9 Å². The molecule has 0 bridgehead atoms. The third kappa shape index (κ3) is 23.3. The summed E-state index contributed by atoms with van der Waals surface area (Å²) in [6, 6.07) is -0.897. The Bertz CT molecular complexity index is 214. The van der Waals surface area contributed by atoms with E-state index in [0.29, 0.717) is 11.5 Å². The number of carbonyl (C=O) groups excluding carboxylic acids is 1. The van der Waals surface area contributed by atoms with Crippen LogP contribution in [0, 0.1) is 0 Å². The number of methoxy groups -OCH3 is 1. The molecule has 0 aliphatic rings. The Morgan fingerprint density at radius 1 is 1.16 bits per heavy atom. The lowest BCUT2D eigenvalue weighted by atomic mass is 10.4. The predicted octanol–water partition coefficient (Wildman–Crippen LogP) is -6.90. The number of quaternary nitrogens is 2. The number of thiol groups is 2. The standard InChI is InChI=1S/C4H9NO2S.C3H7NO2S.CH4O.ClH.H2O/c1-7-4(6)3(5)2-8;4-2(1-7)3(5)6;1-2;;/h3,8H,2,5H2,1H3;2,7H,1,4H2,(H,5,6);2H,1H3;1H;1H2/p+1/t3-;2-;;;/m00.../s1. The summed E-state index contributed by atoms with van der Waals surface area (Å²) < 4.78 is 4.35. The van der Waals surface area contributed by atoms with Gasteiger partial charge in [0.25, 0.3) is 0 Å². The minimum Gasteiger partial charge on any atom is -1.00 e. The molecule has 11 heteroatoms. The Kier molecular flexibility index (Phi) is 37.7. The minimum atomic E-state index is -0.894. The number of ether oxygens (including phenoxy) is 1. The van der Waals surface area contributed by atoms with E-state index in [1.165, 1.54) is 7.11 Å². The molecule has 0 aliphatic heterocycles. The maximum atomic E-state index is 10.4. The number of carbonyl (C=O) groups is 2. The summed E-state index contributed by atoms with van der Waals surface area (Å²) in [6.07, 6.45) is 0. The predicted molar refractivity (Wildman–Crippen MR) is 72.5 cm³/mol. The number of carboxylic acids is 1. The summed E-state index contributed by atoms with van der Waals surface area (Å²) >= 11 is 7.56. The monoisotopic (exact) mass is 343 g/mol. The first kappa shape index (κ1) is 31.3. The molecule has 0 aromatic heterocycles. The molecule has 0 heterocycles. The number of halogens is 1. The van der Waals surface area contributed by atoms with Gasteiger partial charge in [-0.05, 0) is 0 Å². The topological polar surface area (TPSA) is 171 Å². The lowest BCUT2D eigenvalue weighted by Crippen LogP contribution is -3.00. The number of aliphatic carboxylic acids is 1. The van der Waals surface area contributed by atoms with Crippen LogP contribution in [0.5, 0.6) is 0 Å². The van der Waals surface area contributed by atoms with Crippen molar-refractivity contribution in [1.29, 1.82) is 0 Å². The molecule has 0 aromatic rings. The summed E-state index contributed by atoms with van der Waals surface area (Å²) in [4.78, 5) is 20.2. The van der Waals surface area contributed by atoms with Crippen LogP contribution in [0.3, 0.4) is 0 Å². The lowest BCUT2D eigenvalue weighted by molar-refractivity contribution is -0.400. The molecule has 10 N–H and O–H groups in total. The number of hydrogen-bond acceptors (Lipinski definition) is 6. The molecule has 2 atom stereocenters. The van der Waals surface area contributed by atoms with Gasteiger partial charge >= 0.3 is 11.9 Å². The van der Waals surface area contributed by atoms with Crippen LogP contribution in [-0.4, -0.2) is 65.4 Å². The highest BCUT2D eigenvalue weighted by Gasteiger charge is 2.13. The van der Waals surface area contributed by atoms with Crippen molar-refractivity contribution >= 4 is 37.2 Å². The molecule has 0 rings (SSSR count). The van der Waals surface area contributed by atoms with E-state index in [1.54, 1.807) is 0 Å². The van der Waals surface area contributed by atoms with E-state index in [-0.39, 0.29) is 29.9 Å². The fourth-order valence-electron chi connectivity index (χ4n) is 0.319. The first-order chi connectivity index (χ1) is 7.90. The van der Waals surface area contributed by atoms with Crippen molar-refractivity contribution in [2.45, 2.75) is 12.1 Å². The van der Waals surface area contributed by atoms with Gasteiger partial charge in [0, 0.05) is 7.11 Å². The third-order valence-electron chi connectivity index (χ3n) is 1.32. The van der Waals surface area contributed by atoms with Crippen LogP contribution in [0.15, 0.2) is 0 Å². The van der Waals surface area contributed by atoms with Gasteiger partial charge in [0.15, 0.2) is 12.1 Å². The summed E-state index contributed by atoms with van der Waals surface area (Å²) in [6.45, 7) is 0. The highest BCUT2D eigenvalue weighted by Crippen LogP contribution is 1.82. The number of esters is 1. The van der Waals surface area contributed by atoms with Crippen LogP contribution in [0.2, 0.25) is 0 Å². The van der Waals surface area contributed by atoms with Gasteiger partial charge in [-0.25, -0.2) is 9.59 Å². The maximum absolute atomic E-state index is 10.4. The van der Waals surface area contributed by atoms with Crippen molar-refractivity contribution in [2.24, 2.45) is 0 Å². The zero-order chi connectivity index (χ0) is 14.4. The Balaban J connectivity index is -0.0000000558. The SMILES string of the molecule is CO.COC(=O)[C@@H]([NH3+])CS.O.[Cl-].[NH3+][C@@H](CS)C(=O)O. The summed E-state index contributed by atoms with van der Waals surface area (Å²) in [5.74, 6) is -0.461. The fourth-order valence-corrected chi connectivity index (χ4v) is 0.625. The summed E-state index contributed by atoms with van der Waals surface area (Å²) in [5.41, 5.74) is 6.76. The second kappa shape index (κ2) is 22.9. The van der Waals surface area contributed by atoms with Gasteiger partial charge in [0.2, 0.25) is 0 Å². The molecule has 0 saturated heterocycles. The van der Waals surface area contributed by atoms with E-state index in [0.717, 1.165) is 7.11 Å². The smallest absolute Gasteiger partial charge is 0.365 e. The molecular weight excluding hydrogens is 320 g/mol. The van der Waals surface area contributed by atoms with E-state index in [9.17, 15) is 9.59 Å². The first-order valence-electron chi connectivity index (χ1n) is 4.53. The molecule has 19 heavy (non-hydrogen) atoms. The van der Waals surface area contributed by atoms with Gasteiger partial charge in [0.1, 0.15) is 0 Å². The number of hydrogen-bond donors (Lipinski definition) is 6. The summed E-state index contributed by atoms with van der Waals surface area (Å²) in [5, 5.41) is 15.1. The number of rotatable bonds is 4. The molecule has 0 amide bonds. The van der Waals surface area contributed by atoms with Gasteiger partial charge in [-0.2, -0.15) is 25.3 Å². The zero-order valence-electron chi connectivity index (χ0n) is 10.9. The average molecular weight is 344 g/mol. The Morgan fingerprint density at radius 2 is 1.47 bits per heavy atom. The molecular formula is C8H24ClN2O6S2+. The van der Waals surface area contributed by atoms with Crippen LogP contribution in [0.25, 0.3) is 0 Å². The largest absolute Gasteiger partial charge is 1.00 e. The number of aliphatic hydroxyl groups is 1. The van der Waals surface area contributed by atoms with Crippen LogP contribution < -0.4 is 23.9 Å². The van der Waals surface area contributed by atoms with E-state index in [4.69, 9.17) is 10.2 Å². The molecule has 0 radical (unpaired) electrons. The minimum absolute atomic E-state index is 0. The van der Waals surface area contributed by atoms with Crippen molar-refractivity contribution in [3.63, 3.8) is 0 Å². The van der Waals surface area contributed by atoms with Crippen LogP contribution in [0.1, 0.15) is 0 Å². The molecule has 0 unspecified atom stereocenters. The van der Waals surface area contributed by atoms with Gasteiger partial charge in [-0.15, -0.1) is 0 Å². The Morgan fingerprint density at radius 3 is 1.53 bits per heavy atom. The van der Waals surface area contributed by atoms with Crippen LogP contribution in [0.4, 0.5) is 0 Å². The lowest BCUT2D eigenvalue weighted by Gasteiger charge is -1.99. The van der Waals surface area contributed by atoms with E-state index in [1.807, 2.05) is 0 Å². The summed E-state index contributed by atoms with van der Waals surface area (Å²) in [7, 11) is 2.34. The highest BCUT2D eigenvalue weighted by atomic mass is 35.5. The van der Waals surface area contributed by atoms with Crippen molar-refractivity contribution in [3.05, 3.63) is 0 Å². The van der Waals surface area contributed by atoms with Gasteiger partial charge in [-0.3, -0.25) is 0 Å². The molecule has 0 fully saturated rings. The van der Waals surface area contributed by atoms with Gasteiger partial charge in [0.05, 0.1) is 18.6 Å². The Hall–Kier alpha value is -0.230. The fraction of sp³-hybridized carbons (Fsp3) is 0.750. The average Bonchev–Trinajstić information content (AvgIpc) is 2.38. The molecule has 0 aliphatic carbocycles. The van der Waals surface area contributed by atoms with Gasteiger partial charge < -0.3 is 44.3 Å². The van der Waals surface area contributed by atoms with Gasteiger partial charge in [-0.1, -0.05) is 0 Å². The molecule has 0 spiro atoms. The second-order valence-corrected chi connectivity index (χ2v) is 3.35. The van der Waals surface area contributed by atoms with Crippen LogP contribution >= 0.6 is 25.3 Å². The molecule has 0 saturated carbocycles. The van der Waals surface area contributed by atoms with Crippen molar-refractivity contribution in [2.75, 3.05) is 25.7 Å². The zero-order valence-corrected chi connectivity index (χ0v) is 13.4. The second-order valence-electron chi connectivity index (χ2n) is 2.62. The Labute approximate surface area is 129 Å². The van der Waals surface area contributed by atoms with E-state index in [2.05, 4.69) is 41.5 Å². The van der Waals surface area contributed by atoms with E-state index >= 15 is 0 Å². The van der Waals surface area contributed by atoms with Crippen molar-refractivity contribution in [3.8, 4) is 0 Å². The molecule has 0 aromatic carbocycles. The number of aliphatic hydroxyl groups excluding tert-OH is 1. The van der Waals surface area contributed by atoms with Crippen molar-refractivity contribution in [1.82, 2.24) is 0 Å². The highest BCUT2D eigenvalue weighted by molar-refractivity contribution is 7.80. The number of carboxylic acid groups (broad SMARTS) is 1. The third-order valence-corrected chi connectivity index (χ3v) is 2.21. The maximum Gasteiger partial charge on any atom is 0.365 e. The molecule has 8 nitrogen and oxygen atoms in total. The first-order valence-corrected chi connectivity index (χ1v) is 5.80. The van der Waals surface area contributed by atoms with Crippen LogP contribution in [-0.2, 0) is 14.3 Å². The normalized spacial score (nSPS) is 10.7.